The van der Waals surface area contributed by atoms with Gasteiger partial charge in [0.1, 0.15) is 6.33 Å². The van der Waals surface area contributed by atoms with Gasteiger partial charge >= 0.3 is 11.9 Å². The van der Waals surface area contributed by atoms with Crippen LogP contribution in [0.15, 0.2) is 61.1 Å². The van der Waals surface area contributed by atoms with Gasteiger partial charge in [-0.25, -0.2) is 19.1 Å². The minimum atomic E-state index is -2.27. The average molecular weight is 545 g/mol. The number of carboxylic acid groups (broad SMARTS) is 2. The van der Waals surface area contributed by atoms with Crippen molar-refractivity contribution < 1.29 is 30.0 Å². The van der Waals surface area contributed by atoms with Crippen LogP contribution < -0.4 is 5.32 Å². The third-order valence-electron chi connectivity index (χ3n) is 5.94. The van der Waals surface area contributed by atoms with E-state index in [1.54, 1.807) is 10.8 Å². The van der Waals surface area contributed by atoms with E-state index in [4.69, 9.17) is 43.6 Å². The maximum atomic E-state index is 9.77. The molecule has 192 valence electrons. The van der Waals surface area contributed by atoms with Crippen molar-refractivity contribution in [3.05, 3.63) is 87.8 Å². The number of nitrogens with zero attached hydrogens (tertiary/aromatic N) is 3. The lowest BCUT2D eigenvalue weighted by Crippen LogP contribution is -2.39. The second-order valence-corrected chi connectivity index (χ2v) is 9.13. The summed E-state index contributed by atoms with van der Waals surface area (Å²) >= 11 is 12.3. The lowest BCUT2D eigenvalue weighted by Gasteiger charge is -2.27. The lowest BCUT2D eigenvalue weighted by atomic mass is 9.84. The van der Waals surface area contributed by atoms with Gasteiger partial charge in [0, 0.05) is 30.8 Å². The Morgan fingerprint density at radius 2 is 1.65 bits per heavy atom. The molecule has 3 atom stereocenters. The van der Waals surface area contributed by atoms with E-state index in [9.17, 15) is 9.59 Å². The van der Waals surface area contributed by atoms with Crippen LogP contribution in [0.1, 0.15) is 22.6 Å². The van der Waals surface area contributed by atoms with Crippen molar-refractivity contribution >= 4 is 40.8 Å². The molecule has 1 aliphatic heterocycles. The van der Waals surface area contributed by atoms with E-state index in [1.807, 2.05) is 24.4 Å². The molecule has 0 saturated carbocycles. The second kappa shape index (κ2) is 11.2. The van der Waals surface area contributed by atoms with Crippen LogP contribution in [0.2, 0.25) is 10.0 Å². The van der Waals surface area contributed by atoms with E-state index < -0.39 is 24.1 Å². The van der Waals surface area contributed by atoms with E-state index in [0.717, 1.165) is 24.3 Å². The minimum absolute atomic E-state index is 0.260. The summed E-state index contributed by atoms with van der Waals surface area (Å²) in [6, 6.07) is 16.6. The lowest BCUT2D eigenvalue weighted by molar-refractivity contribution is -0.165. The monoisotopic (exact) mass is 544 g/mol. The van der Waals surface area contributed by atoms with E-state index in [2.05, 4.69) is 45.7 Å². The standard InChI is InChI=1S/C21H16Cl2N4.C4H6O6/c22-19-5-2-14(8-20(19)23)18-10-24-9-16-7-13(1-4-17(16)18)15-3-6-21-25-12-26-27(21)11-15;5-1(3(7)8)2(6)4(9)10/h1-8,11-12,18,24H,9-10H2;1-2,5-6H,(H,7,8)(H,9,10)/t;1-,2-/m.1/s1. The predicted molar refractivity (Wildman–Crippen MR) is 136 cm³/mol. The molecule has 12 heteroatoms. The second-order valence-electron chi connectivity index (χ2n) is 8.32. The number of fused-ring (bicyclic) bond motifs is 2. The summed E-state index contributed by atoms with van der Waals surface area (Å²) in [4.78, 5) is 23.7. The Morgan fingerprint density at radius 3 is 2.32 bits per heavy atom. The van der Waals surface area contributed by atoms with Gasteiger partial charge in [0.15, 0.2) is 17.9 Å². The first kappa shape index (κ1) is 26.5. The van der Waals surface area contributed by atoms with Gasteiger partial charge in [-0.1, -0.05) is 41.4 Å². The van der Waals surface area contributed by atoms with Crippen molar-refractivity contribution in [1.29, 1.82) is 0 Å². The molecule has 2 aromatic heterocycles. The number of carboxylic acids is 2. The van der Waals surface area contributed by atoms with Crippen LogP contribution in [0.25, 0.3) is 16.8 Å². The molecule has 0 spiro atoms. The maximum Gasteiger partial charge on any atom is 0.335 e. The highest BCUT2D eigenvalue weighted by Gasteiger charge is 2.29. The Bertz CT molecular complexity index is 1440. The fourth-order valence-corrected chi connectivity index (χ4v) is 4.33. The summed E-state index contributed by atoms with van der Waals surface area (Å²) in [6.45, 7) is 1.74. The molecule has 5 N–H and O–H groups in total. The summed E-state index contributed by atoms with van der Waals surface area (Å²) in [5, 5.41) is 41.5. The van der Waals surface area contributed by atoms with E-state index in [-0.39, 0.29) is 5.92 Å². The maximum absolute atomic E-state index is 9.77. The van der Waals surface area contributed by atoms with Crippen LogP contribution in [-0.4, -0.2) is 65.7 Å². The number of rotatable bonds is 5. The molecular weight excluding hydrogens is 523 g/mol. The first-order valence-electron chi connectivity index (χ1n) is 11.1. The van der Waals surface area contributed by atoms with Crippen molar-refractivity contribution in [2.45, 2.75) is 24.7 Å². The van der Waals surface area contributed by atoms with Crippen molar-refractivity contribution in [3.63, 3.8) is 0 Å². The molecule has 0 aliphatic carbocycles. The number of carbonyl (C=O) groups is 2. The molecule has 0 amide bonds. The Balaban J connectivity index is 0.000000275. The number of hydrogen-bond donors (Lipinski definition) is 5. The van der Waals surface area contributed by atoms with E-state index >= 15 is 0 Å². The number of halogens is 2. The number of hydrogen-bond acceptors (Lipinski definition) is 7. The Kier molecular flexibility index (Phi) is 8.06. The number of benzene rings is 2. The number of aliphatic hydroxyl groups excluding tert-OH is 2. The van der Waals surface area contributed by atoms with Gasteiger partial charge in [-0.05, 0) is 52.6 Å². The fourth-order valence-electron chi connectivity index (χ4n) is 4.02. The largest absolute Gasteiger partial charge is 0.479 e. The van der Waals surface area contributed by atoms with Crippen molar-refractivity contribution in [2.24, 2.45) is 0 Å². The average Bonchev–Trinajstić information content (AvgIpc) is 3.37. The molecule has 4 aromatic rings. The number of pyridine rings is 1. The van der Waals surface area contributed by atoms with Crippen molar-refractivity contribution in [3.8, 4) is 11.1 Å². The van der Waals surface area contributed by atoms with Crippen molar-refractivity contribution in [2.75, 3.05) is 6.54 Å². The molecule has 0 radical (unpaired) electrons. The van der Waals surface area contributed by atoms with Crippen LogP contribution in [-0.2, 0) is 16.1 Å². The number of aliphatic hydroxyl groups is 2. The fraction of sp³-hybridized carbons (Fsp3) is 0.200. The van der Waals surface area contributed by atoms with E-state index in [0.29, 0.717) is 10.0 Å². The zero-order chi connectivity index (χ0) is 26.7. The summed E-state index contributed by atoms with van der Waals surface area (Å²) in [5.41, 5.74) is 6.94. The highest BCUT2D eigenvalue weighted by molar-refractivity contribution is 6.42. The van der Waals surface area contributed by atoms with E-state index in [1.165, 1.54) is 22.3 Å². The Labute approximate surface area is 220 Å². The number of aliphatic carboxylic acids is 2. The summed E-state index contributed by atoms with van der Waals surface area (Å²) in [5.74, 6) is -3.28. The highest BCUT2D eigenvalue weighted by Crippen LogP contribution is 2.35. The number of aromatic nitrogens is 3. The minimum Gasteiger partial charge on any atom is -0.479 e. The molecule has 10 nitrogen and oxygen atoms in total. The molecule has 0 bridgehead atoms. The Morgan fingerprint density at radius 1 is 0.946 bits per heavy atom. The summed E-state index contributed by atoms with van der Waals surface area (Å²) in [7, 11) is 0. The first-order chi connectivity index (χ1) is 17.7. The van der Waals surface area contributed by atoms with Crippen LogP contribution in [0.5, 0.6) is 0 Å². The summed E-state index contributed by atoms with van der Waals surface area (Å²) in [6.07, 6.45) is -0.955. The normalized spacial score (nSPS) is 16.3. The third-order valence-corrected chi connectivity index (χ3v) is 6.68. The zero-order valence-electron chi connectivity index (χ0n) is 19.1. The Hall–Kier alpha value is -3.54. The predicted octanol–water partition coefficient (Wildman–Crippen LogP) is 2.82. The van der Waals surface area contributed by atoms with Crippen molar-refractivity contribution in [1.82, 2.24) is 19.9 Å². The topological polar surface area (TPSA) is 157 Å². The van der Waals surface area contributed by atoms with Crippen LogP contribution >= 0.6 is 23.2 Å². The number of nitrogens with one attached hydrogen (secondary N) is 1. The molecule has 1 unspecified atom stereocenters. The van der Waals surface area contributed by atoms with Gasteiger partial charge in [-0.3, -0.25) is 0 Å². The highest BCUT2D eigenvalue weighted by atomic mass is 35.5. The SMILES string of the molecule is Clc1ccc(C2CNCc3cc(-c4ccc5ncnn5c4)ccc32)cc1Cl.O=C(O)[C@H](O)[C@@H](O)C(=O)O. The molecule has 37 heavy (non-hydrogen) atoms. The molecule has 1 aliphatic rings. The van der Waals surface area contributed by atoms with Gasteiger partial charge in [-0.15, -0.1) is 0 Å². The molecule has 2 aromatic carbocycles. The molecule has 5 rings (SSSR count). The van der Waals surface area contributed by atoms with Crippen LogP contribution in [0.3, 0.4) is 0 Å². The van der Waals surface area contributed by atoms with Gasteiger partial charge in [0.25, 0.3) is 0 Å². The molecule has 3 heterocycles. The molecule has 0 fully saturated rings. The summed E-state index contributed by atoms with van der Waals surface area (Å²) < 4.78 is 1.80. The molecule has 0 saturated heterocycles. The van der Waals surface area contributed by atoms with Crippen LogP contribution in [0.4, 0.5) is 0 Å². The van der Waals surface area contributed by atoms with Gasteiger partial charge in [-0.2, -0.15) is 5.10 Å². The van der Waals surface area contributed by atoms with Crippen LogP contribution in [0, 0.1) is 0 Å². The molecular formula is C25H22Cl2N4O6. The zero-order valence-corrected chi connectivity index (χ0v) is 20.6. The first-order valence-corrected chi connectivity index (χ1v) is 11.8. The quantitative estimate of drug-likeness (QED) is 0.254. The smallest absolute Gasteiger partial charge is 0.335 e. The van der Waals surface area contributed by atoms with Gasteiger partial charge in [0.05, 0.1) is 10.0 Å². The third kappa shape index (κ3) is 5.90. The van der Waals surface area contributed by atoms with Gasteiger partial charge < -0.3 is 25.7 Å². The van der Waals surface area contributed by atoms with Gasteiger partial charge in [0.2, 0.25) is 0 Å².